The molecule has 1 heterocycles. The summed E-state index contributed by atoms with van der Waals surface area (Å²) in [5.74, 6) is -0.464. The van der Waals surface area contributed by atoms with E-state index in [2.05, 4.69) is 0 Å². The van der Waals surface area contributed by atoms with Crippen LogP contribution in [-0.2, 0) is 14.8 Å². The Morgan fingerprint density at radius 3 is 2.46 bits per heavy atom. The molecule has 0 radical (unpaired) electrons. The van der Waals surface area contributed by atoms with E-state index in [0.29, 0.717) is 16.5 Å². The van der Waals surface area contributed by atoms with Gasteiger partial charge in [0.25, 0.3) is 10.0 Å². The van der Waals surface area contributed by atoms with Crippen molar-refractivity contribution in [3.8, 4) is 0 Å². The number of fused-ring (bicyclic) bond motifs is 1. The molecule has 0 aliphatic rings. The van der Waals surface area contributed by atoms with Gasteiger partial charge < -0.3 is 4.74 Å². The number of carbonyl (C=O) groups excluding carboxylic acids is 1. The summed E-state index contributed by atoms with van der Waals surface area (Å²) < 4.78 is 32.0. The molecule has 0 bridgehead atoms. The number of hydrogen-bond acceptors (Lipinski definition) is 4. The largest absolute Gasteiger partial charge is 0.462 e. The first-order valence-corrected chi connectivity index (χ1v) is 8.98. The molecule has 1 aromatic heterocycles. The van der Waals surface area contributed by atoms with Crippen LogP contribution in [0.5, 0.6) is 0 Å². The fourth-order valence-electron chi connectivity index (χ4n) is 2.56. The third-order valence-corrected chi connectivity index (χ3v) is 5.47. The molecule has 3 rings (SSSR count). The number of rotatable bonds is 4. The summed E-state index contributed by atoms with van der Waals surface area (Å²) >= 11 is 0. The van der Waals surface area contributed by atoms with Gasteiger partial charge in [-0.25, -0.2) is 17.2 Å². The van der Waals surface area contributed by atoms with Crippen molar-refractivity contribution in [3.63, 3.8) is 0 Å². The number of ether oxygens (including phenoxy) is 1. The first-order chi connectivity index (χ1) is 11.4. The number of benzene rings is 2. The van der Waals surface area contributed by atoms with E-state index in [1.165, 1.54) is 10.2 Å². The fraction of sp³-hybridized carbons (Fsp3) is 0.167. The lowest BCUT2D eigenvalue weighted by Crippen LogP contribution is -2.12. The minimum atomic E-state index is -3.73. The summed E-state index contributed by atoms with van der Waals surface area (Å²) in [5.41, 5.74) is 1.78. The molecule has 0 aliphatic carbocycles. The molecule has 2 aromatic carbocycles. The highest BCUT2D eigenvalue weighted by molar-refractivity contribution is 7.90. The maximum absolute atomic E-state index is 12.9. The van der Waals surface area contributed by atoms with E-state index in [0.717, 1.165) is 5.56 Å². The van der Waals surface area contributed by atoms with E-state index in [-0.39, 0.29) is 11.5 Å². The molecule has 24 heavy (non-hydrogen) atoms. The van der Waals surface area contributed by atoms with E-state index in [1.807, 2.05) is 6.92 Å². The normalized spacial score (nSPS) is 11.6. The van der Waals surface area contributed by atoms with E-state index in [1.54, 1.807) is 55.5 Å². The monoisotopic (exact) mass is 343 g/mol. The van der Waals surface area contributed by atoms with Gasteiger partial charge in [-0.2, -0.15) is 0 Å². The Hall–Kier alpha value is -2.60. The molecule has 0 saturated carbocycles. The molecule has 0 unspecified atom stereocenters. The van der Waals surface area contributed by atoms with Crippen molar-refractivity contribution in [2.75, 3.05) is 6.61 Å². The van der Waals surface area contributed by atoms with Crippen molar-refractivity contribution in [1.82, 2.24) is 3.97 Å². The predicted octanol–water partition coefficient (Wildman–Crippen LogP) is 3.36. The second kappa shape index (κ2) is 6.13. The van der Waals surface area contributed by atoms with Crippen LogP contribution in [0.25, 0.3) is 10.9 Å². The van der Waals surface area contributed by atoms with Crippen LogP contribution in [0.3, 0.4) is 0 Å². The van der Waals surface area contributed by atoms with Gasteiger partial charge in [0.2, 0.25) is 0 Å². The maximum atomic E-state index is 12.9. The van der Waals surface area contributed by atoms with Gasteiger partial charge in [0.05, 0.1) is 22.6 Å². The molecule has 3 aromatic rings. The topological polar surface area (TPSA) is 65.4 Å². The highest BCUT2D eigenvalue weighted by Gasteiger charge is 2.21. The molecular weight excluding hydrogens is 326 g/mol. The minimum Gasteiger partial charge on any atom is -0.462 e. The van der Waals surface area contributed by atoms with Crippen LogP contribution in [0.4, 0.5) is 0 Å². The van der Waals surface area contributed by atoms with Crippen molar-refractivity contribution in [1.29, 1.82) is 0 Å². The van der Waals surface area contributed by atoms with Gasteiger partial charge in [-0.3, -0.25) is 0 Å². The standard InChI is InChI=1S/C18H17NO4S/c1-3-23-18(20)16-5-4-6-17-15(16)11-12-19(17)24(21,22)14-9-7-13(2)8-10-14/h4-12H,3H2,1-2H3. The molecule has 0 fully saturated rings. The highest BCUT2D eigenvalue weighted by Crippen LogP contribution is 2.25. The zero-order valence-electron chi connectivity index (χ0n) is 13.4. The van der Waals surface area contributed by atoms with Crippen molar-refractivity contribution in [2.45, 2.75) is 18.7 Å². The summed E-state index contributed by atoms with van der Waals surface area (Å²) in [4.78, 5) is 12.2. The summed E-state index contributed by atoms with van der Waals surface area (Å²) in [6.07, 6.45) is 1.46. The molecular formula is C18H17NO4S. The first-order valence-electron chi connectivity index (χ1n) is 7.54. The summed E-state index contributed by atoms with van der Waals surface area (Å²) in [6, 6.07) is 13.2. The van der Waals surface area contributed by atoms with Crippen LogP contribution in [0, 0.1) is 6.92 Å². The van der Waals surface area contributed by atoms with Crippen LogP contribution in [0.1, 0.15) is 22.8 Å². The van der Waals surface area contributed by atoms with E-state index >= 15 is 0 Å². The zero-order valence-corrected chi connectivity index (χ0v) is 14.2. The van der Waals surface area contributed by atoms with Gasteiger partial charge in [0.1, 0.15) is 0 Å². The number of esters is 1. The molecule has 6 heteroatoms. The Kier molecular flexibility index (Phi) is 4.15. The lowest BCUT2D eigenvalue weighted by Gasteiger charge is -2.09. The average Bonchev–Trinajstić information content (AvgIpc) is 3.00. The van der Waals surface area contributed by atoms with E-state index in [9.17, 15) is 13.2 Å². The third kappa shape index (κ3) is 2.69. The average molecular weight is 343 g/mol. The van der Waals surface area contributed by atoms with Gasteiger partial charge in [-0.1, -0.05) is 23.8 Å². The van der Waals surface area contributed by atoms with Crippen LogP contribution < -0.4 is 0 Å². The summed E-state index contributed by atoms with van der Waals surface area (Å²) in [6.45, 7) is 3.88. The number of aromatic nitrogens is 1. The van der Waals surface area contributed by atoms with Crippen LogP contribution in [0.15, 0.2) is 59.6 Å². The van der Waals surface area contributed by atoms with E-state index in [4.69, 9.17) is 4.74 Å². The van der Waals surface area contributed by atoms with Crippen LogP contribution in [0.2, 0.25) is 0 Å². The molecule has 0 spiro atoms. The Labute approximate surface area is 140 Å². The minimum absolute atomic E-state index is 0.201. The molecule has 124 valence electrons. The van der Waals surface area contributed by atoms with Crippen LogP contribution in [-0.4, -0.2) is 25.0 Å². The Bertz CT molecular complexity index is 1000. The van der Waals surface area contributed by atoms with E-state index < -0.39 is 16.0 Å². The van der Waals surface area contributed by atoms with Gasteiger partial charge in [0, 0.05) is 11.6 Å². The molecule has 0 saturated heterocycles. The summed E-state index contributed by atoms with van der Waals surface area (Å²) in [7, 11) is -3.73. The predicted molar refractivity (Wildman–Crippen MR) is 91.7 cm³/mol. The Morgan fingerprint density at radius 2 is 1.79 bits per heavy atom. The lowest BCUT2D eigenvalue weighted by atomic mass is 10.1. The van der Waals surface area contributed by atoms with Gasteiger partial charge in [-0.15, -0.1) is 0 Å². The highest BCUT2D eigenvalue weighted by atomic mass is 32.2. The number of nitrogens with zero attached hydrogens (tertiary/aromatic N) is 1. The second-order valence-corrected chi connectivity index (χ2v) is 7.20. The number of hydrogen-bond donors (Lipinski definition) is 0. The molecule has 5 nitrogen and oxygen atoms in total. The molecule has 0 N–H and O–H groups in total. The zero-order chi connectivity index (χ0) is 17.3. The maximum Gasteiger partial charge on any atom is 0.338 e. The number of aryl methyl sites for hydroxylation is 1. The molecule has 0 atom stereocenters. The van der Waals surface area contributed by atoms with Gasteiger partial charge in [-0.05, 0) is 44.2 Å². The fourth-order valence-corrected chi connectivity index (χ4v) is 3.91. The van der Waals surface area contributed by atoms with Gasteiger partial charge >= 0.3 is 5.97 Å². The second-order valence-electron chi connectivity index (χ2n) is 5.39. The smallest absolute Gasteiger partial charge is 0.338 e. The first kappa shape index (κ1) is 16.3. The number of carbonyl (C=O) groups is 1. The third-order valence-electron chi connectivity index (χ3n) is 3.77. The molecule has 0 aliphatic heterocycles. The Morgan fingerprint density at radius 1 is 1.08 bits per heavy atom. The SMILES string of the molecule is CCOC(=O)c1cccc2c1ccn2S(=O)(=O)c1ccc(C)cc1. The molecule has 0 amide bonds. The quantitative estimate of drug-likeness (QED) is 0.681. The van der Waals surface area contributed by atoms with Crippen molar-refractivity contribution < 1.29 is 17.9 Å². The lowest BCUT2D eigenvalue weighted by molar-refractivity contribution is 0.0528. The van der Waals surface area contributed by atoms with Gasteiger partial charge in [0.15, 0.2) is 0 Å². The van der Waals surface area contributed by atoms with Crippen molar-refractivity contribution in [2.24, 2.45) is 0 Å². The van der Waals surface area contributed by atoms with Crippen molar-refractivity contribution in [3.05, 3.63) is 65.9 Å². The summed E-state index contributed by atoms with van der Waals surface area (Å²) in [5, 5.41) is 0.548. The van der Waals surface area contributed by atoms with Crippen LogP contribution >= 0.6 is 0 Å². The van der Waals surface area contributed by atoms with Crippen molar-refractivity contribution >= 4 is 26.9 Å². The Balaban J connectivity index is 2.16.